The van der Waals surface area contributed by atoms with Gasteiger partial charge in [-0.15, -0.1) is 0 Å². The van der Waals surface area contributed by atoms with E-state index in [4.69, 9.17) is 5.11 Å². The van der Waals surface area contributed by atoms with Gasteiger partial charge in [-0.2, -0.15) is 0 Å². The van der Waals surface area contributed by atoms with Crippen LogP contribution >= 0.6 is 0 Å². The first-order valence-corrected chi connectivity index (χ1v) is 7.15. The summed E-state index contributed by atoms with van der Waals surface area (Å²) in [6.45, 7) is 0.0276. The molecule has 0 unspecified atom stereocenters. The van der Waals surface area contributed by atoms with Gasteiger partial charge < -0.3 is 5.11 Å². The minimum Gasteiger partial charge on any atom is -0.392 e. The Morgan fingerprint density at radius 1 is 0.542 bits per heavy atom. The Hall–Kier alpha value is -3.80. The maximum Gasteiger partial charge on any atom is 0.0681 e. The van der Waals surface area contributed by atoms with Crippen molar-refractivity contribution in [2.24, 2.45) is 0 Å². The van der Waals surface area contributed by atoms with Crippen LogP contribution in [0.1, 0.15) is 16.7 Å². The first-order chi connectivity index (χ1) is 11.9. The summed E-state index contributed by atoms with van der Waals surface area (Å²) in [4.78, 5) is 0. The van der Waals surface area contributed by atoms with E-state index in [1.165, 1.54) is 0 Å². The van der Waals surface area contributed by atoms with E-state index in [1.54, 1.807) is 0 Å². The highest BCUT2D eigenvalue weighted by atomic mass is 16.3. The molecule has 0 radical (unpaired) electrons. The van der Waals surface area contributed by atoms with E-state index in [9.17, 15) is 0 Å². The molecule has 0 aliphatic rings. The van der Waals surface area contributed by atoms with Gasteiger partial charge in [-0.1, -0.05) is 42.2 Å². The molecule has 2 aromatic carbocycles. The Balaban J connectivity index is 1.87. The van der Waals surface area contributed by atoms with Gasteiger partial charge in [0.2, 0.25) is 0 Å². The molecule has 0 fully saturated rings. The highest BCUT2D eigenvalue weighted by Gasteiger charge is 1.88. The van der Waals surface area contributed by atoms with Crippen molar-refractivity contribution in [2.45, 2.75) is 6.61 Å². The molecule has 0 aliphatic carbocycles. The zero-order valence-corrected chi connectivity index (χ0v) is 12.9. The molecule has 110 valence electrons. The lowest BCUT2D eigenvalue weighted by molar-refractivity contribution is 0.282. The van der Waals surface area contributed by atoms with Gasteiger partial charge in [0.15, 0.2) is 0 Å². The smallest absolute Gasteiger partial charge is 0.0681 e. The Morgan fingerprint density at radius 3 is 1.50 bits per heavy atom. The number of hydrogen-bond acceptors (Lipinski definition) is 1. The van der Waals surface area contributed by atoms with Crippen molar-refractivity contribution in [3.05, 3.63) is 71.3 Å². The van der Waals surface area contributed by atoms with Gasteiger partial charge in [0.05, 0.1) is 6.61 Å². The minimum absolute atomic E-state index is 0.0276. The van der Waals surface area contributed by atoms with Crippen molar-refractivity contribution < 1.29 is 5.11 Å². The largest absolute Gasteiger partial charge is 0.392 e. The third-order valence-electron chi connectivity index (χ3n) is 2.76. The third kappa shape index (κ3) is 6.31. The topological polar surface area (TPSA) is 20.2 Å². The van der Waals surface area contributed by atoms with Crippen molar-refractivity contribution in [3.63, 3.8) is 0 Å². The molecule has 0 amide bonds. The van der Waals surface area contributed by atoms with Crippen LogP contribution in [0.2, 0.25) is 0 Å². The molecular formula is C23H12O. The van der Waals surface area contributed by atoms with Gasteiger partial charge in [0.1, 0.15) is 0 Å². The summed E-state index contributed by atoms with van der Waals surface area (Å²) in [5.41, 5.74) is 2.61. The normalized spacial score (nSPS) is 7.54. The van der Waals surface area contributed by atoms with Crippen LogP contribution in [0.15, 0.2) is 54.6 Å². The van der Waals surface area contributed by atoms with Gasteiger partial charge in [0.25, 0.3) is 0 Å². The Kier molecular flexibility index (Phi) is 6.91. The zero-order valence-electron chi connectivity index (χ0n) is 12.9. The SMILES string of the molecule is OCc1ccc(C#CC#CC#CC#CC#Cc2ccccc2)cc1. The van der Waals surface area contributed by atoms with Gasteiger partial charge in [-0.3, -0.25) is 0 Å². The van der Waals surface area contributed by atoms with E-state index in [0.717, 1.165) is 16.7 Å². The van der Waals surface area contributed by atoms with Gasteiger partial charge in [0, 0.05) is 11.1 Å². The van der Waals surface area contributed by atoms with Crippen LogP contribution in [0.4, 0.5) is 0 Å². The molecule has 0 saturated heterocycles. The lowest BCUT2D eigenvalue weighted by atomic mass is 10.1. The minimum atomic E-state index is 0.0276. The van der Waals surface area contributed by atoms with E-state index in [1.807, 2.05) is 54.6 Å². The predicted molar refractivity (Wildman–Crippen MR) is 95.9 cm³/mol. The summed E-state index contributed by atoms with van der Waals surface area (Å²) in [6.07, 6.45) is 0. The van der Waals surface area contributed by atoms with Crippen LogP contribution in [0, 0.1) is 59.2 Å². The fraction of sp³-hybridized carbons (Fsp3) is 0.0435. The molecule has 0 spiro atoms. The predicted octanol–water partition coefficient (Wildman–Crippen LogP) is 2.59. The average molecular weight is 304 g/mol. The van der Waals surface area contributed by atoms with E-state index < -0.39 is 0 Å². The van der Waals surface area contributed by atoms with Crippen molar-refractivity contribution in [1.82, 2.24) is 0 Å². The summed E-state index contributed by atoms with van der Waals surface area (Å²) >= 11 is 0. The summed E-state index contributed by atoms with van der Waals surface area (Å²) in [7, 11) is 0. The molecule has 1 nitrogen and oxygen atoms in total. The van der Waals surface area contributed by atoms with E-state index in [-0.39, 0.29) is 6.61 Å². The monoisotopic (exact) mass is 304 g/mol. The molecule has 0 saturated carbocycles. The number of aliphatic hydroxyl groups is 1. The lowest BCUT2D eigenvalue weighted by Gasteiger charge is -1.93. The molecular weight excluding hydrogens is 292 g/mol. The van der Waals surface area contributed by atoms with Gasteiger partial charge in [-0.05, 0) is 77.2 Å². The summed E-state index contributed by atoms with van der Waals surface area (Å²) in [6, 6.07) is 16.9. The number of aliphatic hydroxyl groups excluding tert-OH is 1. The van der Waals surface area contributed by atoms with Crippen molar-refractivity contribution in [1.29, 1.82) is 0 Å². The highest BCUT2D eigenvalue weighted by Crippen LogP contribution is 2.02. The molecule has 0 aromatic heterocycles. The zero-order chi connectivity index (χ0) is 16.9. The quantitative estimate of drug-likeness (QED) is 0.803. The second kappa shape index (κ2) is 10.0. The second-order valence-corrected chi connectivity index (χ2v) is 4.47. The maximum absolute atomic E-state index is 8.94. The first-order valence-electron chi connectivity index (χ1n) is 7.15. The molecule has 0 bridgehead atoms. The highest BCUT2D eigenvalue weighted by molar-refractivity contribution is 5.46. The van der Waals surface area contributed by atoms with Crippen LogP contribution in [0.5, 0.6) is 0 Å². The van der Waals surface area contributed by atoms with Crippen molar-refractivity contribution in [3.8, 4) is 59.2 Å². The van der Waals surface area contributed by atoms with Crippen LogP contribution in [-0.4, -0.2) is 5.11 Å². The molecule has 24 heavy (non-hydrogen) atoms. The molecule has 0 aliphatic heterocycles. The fourth-order valence-electron chi connectivity index (χ4n) is 1.61. The Bertz CT molecular complexity index is 986. The van der Waals surface area contributed by atoms with Crippen LogP contribution in [-0.2, 0) is 6.61 Å². The Labute approximate surface area is 142 Å². The van der Waals surface area contributed by atoms with E-state index >= 15 is 0 Å². The van der Waals surface area contributed by atoms with E-state index in [2.05, 4.69) is 59.2 Å². The van der Waals surface area contributed by atoms with Gasteiger partial charge >= 0.3 is 0 Å². The molecule has 0 atom stereocenters. The lowest BCUT2D eigenvalue weighted by Crippen LogP contribution is -1.81. The standard InChI is InChI=1S/C23H12O/c24-20-23-18-16-22(17-19-23)15-9-6-4-2-1-3-5-8-12-21-13-10-7-11-14-21/h7,10-11,13-14,16-19,24H,20H2. The number of benzene rings is 2. The molecule has 2 aromatic rings. The maximum atomic E-state index is 8.94. The van der Waals surface area contributed by atoms with Crippen LogP contribution in [0.25, 0.3) is 0 Å². The summed E-state index contributed by atoms with van der Waals surface area (Å²) < 4.78 is 0. The van der Waals surface area contributed by atoms with Crippen LogP contribution < -0.4 is 0 Å². The molecule has 1 heteroatoms. The van der Waals surface area contributed by atoms with Crippen LogP contribution in [0.3, 0.4) is 0 Å². The van der Waals surface area contributed by atoms with Crippen molar-refractivity contribution >= 4 is 0 Å². The fourth-order valence-corrected chi connectivity index (χ4v) is 1.61. The number of rotatable bonds is 1. The first kappa shape index (κ1) is 16.6. The molecule has 0 heterocycles. The number of hydrogen-bond donors (Lipinski definition) is 1. The van der Waals surface area contributed by atoms with E-state index in [0.29, 0.717) is 0 Å². The summed E-state index contributed by atoms with van der Waals surface area (Å²) in [5, 5.41) is 8.94. The average Bonchev–Trinajstić information content (AvgIpc) is 2.64. The summed E-state index contributed by atoms with van der Waals surface area (Å²) in [5.74, 6) is 27.0. The second-order valence-electron chi connectivity index (χ2n) is 4.47. The molecule has 1 N–H and O–H groups in total. The Morgan fingerprint density at radius 2 is 1.00 bits per heavy atom. The molecule has 2 rings (SSSR count). The third-order valence-corrected chi connectivity index (χ3v) is 2.76. The van der Waals surface area contributed by atoms with Gasteiger partial charge in [-0.25, -0.2) is 0 Å². The van der Waals surface area contributed by atoms with Crippen molar-refractivity contribution in [2.75, 3.05) is 0 Å².